The van der Waals surface area contributed by atoms with Gasteiger partial charge in [0, 0.05) is 41.2 Å². The topological polar surface area (TPSA) is 68.3 Å². The quantitative estimate of drug-likeness (QED) is 0.585. The summed E-state index contributed by atoms with van der Waals surface area (Å²) in [5.41, 5.74) is 1.55. The summed E-state index contributed by atoms with van der Waals surface area (Å²) >= 11 is 1.62. The largest absolute Gasteiger partial charge is 0.508 e. The average Bonchev–Trinajstić information content (AvgIpc) is 3.27. The van der Waals surface area contributed by atoms with E-state index in [0.29, 0.717) is 22.9 Å². The van der Waals surface area contributed by atoms with Crippen molar-refractivity contribution in [2.45, 2.75) is 36.7 Å². The van der Waals surface area contributed by atoms with Crippen molar-refractivity contribution in [3.8, 4) is 5.75 Å². The van der Waals surface area contributed by atoms with Crippen LogP contribution in [-0.4, -0.2) is 14.7 Å². The number of hydrogen-bond donors (Lipinski definition) is 1. The van der Waals surface area contributed by atoms with Crippen molar-refractivity contribution < 1.29 is 9.52 Å². The minimum atomic E-state index is -0.396. The molecule has 3 aromatic rings. The van der Waals surface area contributed by atoms with Crippen molar-refractivity contribution in [3.63, 3.8) is 0 Å². The number of aromatic hydroxyl groups is 1. The lowest BCUT2D eigenvalue weighted by molar-refractivity contribution is 0.468. The van der Waals surface area contributed by atoms with Crippen LogP contribution in [0.15, 0.2) is 45.0 Å². The molecule has 118 valence electrons. The number of benzene rings is 1. The third-order valence-corrected chi connectivity index (χ3v) is 5.18. The first-order chi connectivity index (χ1) is 11.1. The predicted molar refractivity (Wildman–Crippen MR) is 88.9 cm³/mol. The molecule has 1 N–H and O–H groups in total. The van der Waals surface area contributed by atoms with E-state index in [0.717, 1.165) is 16.1 Å². The second-order valence-corrected chi connectivity index (χ2v) is 6.76. The van der Waals surface area contributed by atoms with Crippen LogP contribution in [0.4, 0.5) is 0 Å². The van der Waals surface area contributed by atoms with E-state index in [-0.39, 0.29) is 5.75 Å². The highest BCUT2D eigenvalue weighted by Gasteiger charge is 2.25. The standard InChI is InChI=1S/C17H16N2O3S/c1-10-14(20)5-4-13-11(8-15(21)22-16(10)13)9-23-17-18-6-7-19(17)12-2-3-12/h4-8,12,20H,2-3,9H2,1H3. The van der Waals surface area contributed by atoms with Gasteiger partial charge in [0.05, 0.1) is 0 Å². The smallest absolute Gasteiger partial charge is 0.336 e. The number of nitrogens with zero attached hydrogens (tertiary/aromatic N) is 2. The van der Waals surface area contributed by atoms with E-state index in [1.165, 1.54) is 18.9 Å². The lowest BCUT2D eigenvalue weighted by Gasteiger charge is -2.09. The highest BCUT2D eigenvalue weighted by Crippen LogP contribution is 2.38. The van der Waals surface area contributed by atoms with E-state index in [1.54, 1.807) is 30.8 Å². The number of aromatic nitrogens is 2. The molecule has 0 amide bonds. The van der Waals surface area contributed by atoms with Crippen LogP contribution in [0.2, 0.25) is 0 Å². The molecular weight excluding hydrogens is 312 g/mol. The summed E-state index contributed by atoms with van der Waals surface area (Å²) in [6.45, 7) is 1.75. The van der Waals surface area contributed by atoms with Crippen molar-refractivity contribution >= 4 is 22.7 Å². The second-order valence-electron chi connectivity index (χ2n) is 5.81. The van der Waals surface area contributed by atoms with Crippen LogP contribution in [0.5, 0.6) is 5.75 Å². The normalized spacial score (nSPS) is 14.5. The van der Waals surface area contributed by atoms with Crippen LogP contribution < -0.4 is 5.63 Å². The number of phenolic OH excluding ortho intramolecular Hbond substituents is 1. The maximum absolute atomic E-state index is 11.8. The molecule has 2 heterocycles. The molecule has 0 bridgehead atoms. The number of imidazole rings is 1. The molecule has 4 rings (SSSR count). The molecule has 0 unspecified atom stereocenters. The number of rotatable bonds is 4. The van der Waals surface area contributed by atoms with Gasteiger partial charge in [0.2, 0.25) is 0 Å². The number of phenols is 1. The Balaban J connectivity index is 1.70. The molecular formula is C17H16N2O3S. The molecule has 1 saturated carbocycles. The zero-order chi connectivity index (χ0) is 16.0. The molecule has 0 spiro atoms. The summed E-state index contributed by atoms with van der Waals surface area (Å²) in [5.74, 6) is 0.769. The highest BCUT2D eigenvalue weighted by atomic mass is 32.2. The molecule has 1 aromatic carbocycles. The van der Waals surface area contributed by atoms with Crippen LogP contribution in [-0.2, 0) is 5.75 Å². The molecule has 1 aliphatic carbocycles. The third kappa shape index (κ3) is 2.63. The van der Waals surface area contributed by atoms with Crippen molar-refractivity contribution in [2.75, 3.05) is 0 Å². The summed E-state index contributed by atoms with van der Waals surface area (Å²) in [5, 5.41) is 11.6. The molecule has 0 radical (unpaired) electrons. The number of fused-ring (bicyclic) bond motifs is 1. The summed E-state index contributed by atoms with van der Waals surface area (Å²) in [7, 11) is 0. The molecule has 0 aliphatic heterocycles. The van der Waals surface area contributed by atoms with Crippen LogP contribution in [0, 0.1) is 6.92 Å². The molecule has 5 nitrogen and oxygen atoms in total. The van der Waals surface area contributed by atoms with E-state index >= 15 is 0 Å². The Hall–Kier alpha value is -2.21. The summed E-state index contributed by atoms with van der Waals surface area (Å²) < 4.78 is 7.48. The van der Waals surface area contributed by atoms with Crippen LogP contribution in [0.25, 0.3) is 11.0 Å². The molecule has 23 heavy (non-hydrogen) atoms. The predicted octanol–water partition coefficient (Wildman–Crippen LogP) is 3.63. The summed E-state index contributed by atoms with van der Waals surface area (Å²) in [6, 6.07) is 5.54. The second kappa shape index (κ2) is 5.45. The van der Waals surface area contributed by atoms with Gasteiger partial charge in [-0.25, -0.2) is 9.78 Å². The third-order valence-electron chi connectivity index (χ3n) is 4.15. The zero-order valence-electron chi connectivity index (χ0n) is 12.7. The number of thioether (sulfide) groups is 1. The first-order valence-electron chi connectivity index (χ1n) is 7.54. The van der Waals surface area contributed by atoms with Gasteiger partial charge in [-0.15, -0.1) is 0 Å². The first kappa shape index (κ1) is 14.4. The van der Waals surface area contributed by atoms with E-state index in [9.17, 15) is 9.90 Å². The van der Waals surface area contributed by atoms with Crippen molar-refractivity contribution in [1.82, 2.24) is 9.55 Å². The van der Waals surface area contributed by atoms with Crippen molar-refractivity contribution in [2.24, 2.45) is 0 Å². The van der Waals surface area contributed by atoms with E-state index in [2.05, 4.69) is 9.55 Å². The lowest BCUT2D eigenvalue weighted by atomic mass is 10.1. The van der Waals surface area contributed by atoms with Crippen LogP contribution >= 0.6 is 11.8 Å². The maximum Gasteiger partial charge on any atom is 0.336 e. The average molecular weight is 328 g/mol. The maximum atomic E-state index is 11.8. The Labute approximate surface area is 137 Å². The van der Waals surface area contributed by atoms with Gasteiger partial charge in [-0.2, -0.15) is 0 Å². The van der Waals surface area contributed by atoms with Crippen LogP contribution in [0.3, 0.4) is 0 Å². The van der Waals surface area contributed by atoms with Gasteiger partial charge in [0.1, 0.15) is 11.3 Å². The summed E-state index contributed by atoms with van der Waals surface area (Å²) in [4.78, 5) is 16.2. The Morgan fingerprint density at radius 2 is 2.26 bits per heavy atom. The van der Waals surface area contributed by atoms with Gasteiger partial charge >= 0.3 is 5.63 Å². The van der Waals surface area contributed by atoms with Gasteiger partial charge < -0.3 is 14.1 Å². The molecule has 6 heteroatoms. The number of hydrogen-bond acceptors (Lipinski definition) is 5. The summed E-state index contributed by atoms with van der Waals surface area (Å²) in [6.07, 6.45) is 6.25. The molecule has 1 aliphatic rings. The van der Waals surface area contributed by atoms with Gasteiger partial charge in [-0.3, -0.25) is 0 Å². The van der Waals surface area contributed by atoms with Gasteiger partial charge in [-0.05, 0) is 37.5 Å². The molecule has 0 saturated heterocycles. The minimum Gasteiger partial charge on any atom is -0.508 e. The lowest BCUT2D eigenvalue weighted by Crippen LogP contribution is -2.01. The zero-order valence-corrected chi connectivity index (χ0v) is 13.5. The van der Waals surface area contributed by atoms with E-state index in [4.69, 9.17) is 4.42 Å². The van der Waals surface area contributed by atoms with Gasteiger partial charge in [0.15, 0.2) is 5.16 Å². The number of aryl methyl sites for hydroxylation is 1. The monoisotopic (exact) mass is 328 g/mol. The Morgan fingerprint density at radius 3 is 3.04 bits per heavy atom. The van der Waals surface area contributed by atoms with E-state index in [1.807, 2.05) is 12.4 Å². The fourth-order valence-electron chi connectivity index (χ4n) is 2.72. The van der Waals surface area contributed by atoms with Crippen molar-refractivity contribution in [3.05, 3.63) is 52.1 Å². The Bertz CT molecular complexity index is 941. The SMILES string of the molecule is Cc1c(O)ccc2c(CSc3nccn3C3CC3)cc(=O)oc12. The fourth-order valence-corrected chi connectivity index (χ4v) is 3.74. The highest BCUT2D eigenvalue weighted by molar-refractivity contribution is 7.98. The molecule has 2 aromatic heterocycles. The molecule has 0 atom stereocenters. The first-order valence-corrected chi connectivity index (χ1v) is 8.53. The van der Waals surface area contributed by atoms with E-state index < -0.39 is 5.63 Å². The van der Waals surface area contributed by atoms with Crippen molar-refractivity contribution in [1.29, 1.82) is 0 Å². The Morgan fingerprint density at radius 1 is 1.43 bits per heavy atom. The fraction of sp³-hybridized carbons (Fsp3) is 0.294. The molecule has 1 fully saturated rings. The Kier molecular flexibility index (Phi) is 3.41. The van der Waals surface area contributed by atoms with Gasteiger partial charge in [-0.1, -0.05) is 11.8 Å². The van der Waals surface area contributed by atoms with Crippen LogP contribution in [0.1, 0.15) is 30.0 Å². The van der Waals surface area contributed by atoms with Gasteiger partial charge in [0.25, 0.3) is 0 Å². The minimum absolute atomic E-state index is 0.134.